The summed E-state index contributed by atoms with van der Waals surface area (Å²) in [6.45, 7) is -0.921. The highest BCUT2D eigenvalue weighted by molar-refractivity contribution is 5.63. The summed E-state index contributed by atoms with van der Waals surface area (Å²) in [6, 6.07) is 0. The first kappa shape index (κ1) is 13.4. The van der Waals surface area contributed by atoms with Gasteiger partial charge in [-0.2, -0.15) is 0 Å². The Kier molecular flexibility index (Phi) is 4.09. The standard InChI is InChI=1S/C6H14N2O6/c7-5(13,2-10)6(8,14)4(12)3(11)1-9/h2-4,9,11-14H,1,7-8H2/t3-,4-,5+,6+/m1/s1. The molecule has 0 spiro atoms. The number of hydrogen-bond acceptors (Lipinski definition) is 8. The zero-order chi connectivity index (χ0) is 11.6. The van der Waals surface area contributed by atoms with Crippen molar-refractivity contribution in [2.24, 2.45) is 11.5 Å². The van der Waals surface area contributed by atoms with Gasteiger partial charge in [-0.25, -0.2) is 0 Å². The number of aliphatic hydroxyl groups is 5. The van der Waals surface area contributed by atoms with Gasteiger partial charge in [-0.1, -0.05) is 0 Å². The number of rotatable bonds is 5. The van der Waals surface area contributed by atoms with Crippen LogP contribution in [0.2, 0.25) is 0 Å². The van der Waals surface area contributed by atoms with Crippen LogP contribution in [-0.4, -0.2) is 62.1 Å². The van der Waals surface area contributed by atoms with Crippen LogP contribution >= 0.6 is 0 Å². The Labute approximate surface area is 79.4 Å². The van der Waals surface area contributed by atoms with Crippen LogP contribution < -0.4 is 11.5 Å². The Balaban J connectivity index is 4.85. The van der Waals surface area contributed by atoms with Gasteiger partial charge in [-0.3, -0.25) is 16.3 Å². The number of hydrogen-bond donors (Lipinski definition) is 7. The second-order valence-corrected chi connectivity index (χ2v) is 2.96. The molecule has 0 aromatic heterocycles. The summed E-state index contributed by atoms with van der Waals surface area (Å²) >= 11 is 0. The van der Waals surface area contributed by atoms with E-state index in [4.69, 9.17) is 31.9 Å². The molecule has 0 saturated carbocycles. The molecular formula is C6H14N2O6. The molecule has 0 fully saturated rings. The lowest BCUT2D eigenvalue weighted by Gasteiger charge is -2.38. The van der Waals surface area contributed by atoms with Crippen LogP contribution in [-0.2, 0) is 4.79 Å². The third-order valence-electron chi connectivity index (χ3n) is 1.82. The van der Waals surface area contributed by atoms with E-state index in [1.54, 1.807) is 0 Å². The van der Waals surface area contributed by atoms with Crippen LogP contribution in [0.15, 0.2) is 0 Å². The highest BCUT2D eigenvalue weighted by atomic mass is 16.4. The van der Waals surface area contributed by atoms with Crippen molar-refractivity contribution in [2.45, 2.75) is 23.7 Å². The Bertz CT molecular complexity index is 206. The normalized spacial score (nSPS) is 24.5. The fourth-order valence-corrected chi connectivity index (χ4v) is 0.724. The molecule has 0 rings (SSSR count). The molecule has 0 aliphatic heterocycles. The third-order valence-corrected chi connectivity index (χ3v) is 1.82. The fraction of sp³-hybridized carbons (Fsp3) is 0.833. The minimum absolute atomic E-state index is 0.291. The predicted molar refractivity (Wildman–Crippen MR) is 43.4 cm³/mol. The molecule has 0 radical (unpaired) electrons. The summed E-state index contributed by atoms with van der Waals surface area (Å²) in [5.74, 6) is 0. The first-order valence-corrected chi connectivity index (χ1v) is 3.66. The van der Waals surface area contributed by atoms with E-state index in [9.17, 15) is 9.90 Å². The molecular weight excluding hydrogens is 196 g/mol. The summed E-state index contributed by atoms with van der Waals surface area (Å²) in [4.78, 5) is 10.2. The van der Waals surface area contributed by atoms with Crippen molar-refractivity contribution in [2.75, 3.05) is 6.61 Å². The maximum Gasteiger partial charge on any atom is 0.216 e. The molecule has 0 heterocycles. The Morgan fingerprint density at radius 1 is 1.29 bits per heavy atom. The zero-order valence-corrected chi connectivity index (χ0v) is 7.24. The van der Waals surface area contributed by atoms with Gasteiger partial charge >= 0.3 is 0 Å². The molecule has 4 atom stereocenters. The van der Waals surface area contributed by atoms with E-state index >= 15 is 0 Å². The Hall–Kier alpha value is -0.610. The minimum Gasteiger partial charge on any atom is -0.394 e. The lowest BCUT2D eigenvalue weighted by atomic mass is 9.93. The lowest BCUT2D eigenvalue weighted by molar-refractivity contribution is -0.213. The highest BCUT2D eigenvalue weighted by Crippen LogP contribution is 2.16. The maximum absolute atomic E-state index is 10.2. The summed E-state index contributed by atoms with van der Waals surface area (Å²) < 4.78 is 0. The van der Waals surface area contributed by atoms with Crippen molar-refractivity contribution in [3.8, 4) is 0 Å². The number of nitrogens with two attached hydrogens (primary N) is 2. The monoisotopic (exact) mass is 210 g/mol. The average Bonchev–Trinajstić information content (AvgIpc) is 2.14. The molecule has 0 amide bonds. The predicted octanol–water partition coefficient (Wildman–Crippen LogP) is -4.81. The van der Waals surface area contributed by atoms with Gasteiger partial charge < -0.3 is 25.5 Å². The van der Waals surface area contributed by atoms with Crippen molar-refractivity contribution >= 4 is 6.29 Å². The van der Waals surface area contributed by atoms with Gasteiger partial charge in [0, 0.05) is 0 Å². The van der Waals surface area contributed by atoms with Crippen molar-refractivity contribution in [1.29, 1.82) is 0 Å². The number of aliphatic hydroxyl groups excluding tert-OH is 3. The van der Waals surface area contributed by atoms with Crippen molar-refractivity contribution in [3.63, 3.8) is 0 Å². The number of aldehydes is 1. The van der Waals surface area contributed by atoms with Gasteiger partial charge in [0.05, 0.1) is 6.61 Å². The molecule has 8 nitrogen and oxygen atoms in total. The Morgan fingerprint density at radius 3 is 2.00 bits per heavy atom. The quantitative estimate of drug-likeness (QED) is 0.175. The van der Waals surface area contributed by atoms with Gasteiger partial charge in [0.15, 0.2) is 12.0 Å². The van der Waals surface area contributed by atoms with Crippen LogP contribution in [0.25, 0.3) is 0 Å². The van der Waals surface area contributed by atoms with Crippen LogP contribution in [0.1, 0.15) is 0 Å². The van der Waals surface area contributed by atoms with E-state index < -0.39 is 30.3 Å². The van der Waals surface area contributed by atoms with E-state index in [2.05, 4.69) is 0 Å². The smallest absolute Gasteiger partial charge is 0.216 e. The van der Waals surface area contributed by atoms with Gasteiger partial charge in [-0.05, 0) is 0 Å². The van der Waals surface area contributed by atoms with Gasteiger partial charge in [0.25, 0.3) is 0 Å². The average molecular weight is 210 g/mol. The van der Waals surface area contributed by atoms with Crippen molar-refractivity contribution in [3.05, 3.63) is 0 Å². The molecule has 0 saturated heterocycles. The Morgan fingerprint density at radius 2 is 1.71 bits per heavy atom. The molecule has 0 aromatic carbocycles. The molecule has 0 aromatic rings. The van der Waals surface area contributed by atoms with Crippen LogP contribution in [0.3, 0.4) is 0 Å². The molecule has 9 N–H and O–H groups in total. The summed E-state index contributed by atoms with van der Waals surface area (Å²) in [5, 5.41) is 44.8. The molecule has 14 heavy (non-hydrogen) atoms. The lowest BCUT2D eigenvalue weighted by Crippen LogP contribution is -2.74. The third kappa shape index (κ3) is 2.25. The molecule has 0 unspecified atom stereocenters. The second kappa shape index (κ2) is 4.28. The van der Waals surface area contributed by atoms with Crippen molar-refractivity contribution in [1.82, 2.24) is 0 Å². The van der Waals surface area contributed by atoms with E-state index in [1.165, 1.54) is 0 Å². The first-order chi connectivity index (χ1) is 6.20. The van der Waals surface area contributed by atoms with Gasteiger partial charge in [0.1, 0.15) is 12.2 Å². The highest BCUT2D eigenvalue weighted by Gasteiger charge is 2.51. The molecule has 84 valence electrons. The molecule has 8 heteroatoms. The summed E-state index contributed by atoms with van der Waals surface area (Å²) in [5.41, 5.74) is 3.91. The van der Waals surface area contributed by atoms with Crippen LogP contribution in [0, 0.1) is 0 Å². The van der Waals surface area contributed by atoms with E-state index in [0.29, 0.717) is 0 Å². The van der Waals surface area contributed by atoms with Crippen molar-refractivity contribution < 1.29 is 30.3 Å². The summed E-state index contributed by atoms with van der Waals surface area (Å²) in [7, 11) is 0. The SMILES string of the molecule is N[C@](O)(C=O)[C@@](N)(O)[C@H](O)[C@H](O)CO. The topological polar surface area (TPSA) is 170 Å². The van der Waals surface area contributed by atoms with Gasteiger partial charge in [-0.15, -0.1) is 0 Å². The number of carbonyl (C=O) groups is 1. The van der Waals surface area contributed by atoms with Crippen LogP contribution in [0.5, 0.6) is 0 Å². The molecule has 0 bridgehead atoms. The summed E-state index contributed by atoms with van der Waals surface area (Å²) in [6.07, 6.45) is -4.30. The largest absolute Gasteiger partial charge is 0.394 e. The van der Waals surface area contributed by atoms with E-state index in [-0.39, 0.29) is 6.29 Å². The molecule has 0 aliphatic rings. The van der Waals surface area contributed by atoms with Gasteiger partial charge in [0.2, 0.25) is 5.72 Å². The second-order valence-electron chi connectivity index (χ2n) is 2.96. The number of carbonyl (C=O) groups excluding carboxylic acids is 1. The molecule has 0 aliphatic carbocycles. The fourth-order valence-electron chi connectivity index (χ4n) is 0.724. The maximum atomic E-state index is 10.2. The minimum atomic E-state index is -2.96. The van der Waals surface area contributed by atoms with Crippen LogP contribution in [0.4, 0.5) is 0 Å². The zero-order valence-electron chi connectivity index (χ0n) is 7.24. The van der Waals surface area contributed by atoms with E-state index in [1.807, 2.05) is 0 Å². The van der Waals surface area contributed by atoms with E-state index in [0.717, 1.165) is 0 Å². The first-order valence-electron chi connectivity index (χ1n) is 3.66.